The summed E-state index contributed by atoms with van der Waals surface area (Å²) < 4.78 is 0. The van der Waals surface area contributed by atoms with Gasteiger partial charge in [0.15, 0.2) is 0 Å². The Morgan fingerprint density at radius 2 is 1.58 bits per heavy atom. The number of aromatic nitrogens is 2. The van der Waals surface area contributed by atoms with E-state index in [2.05, 4.69) is 82.0 Å². The number of fused-ring (bicyclic) bond motifs is 1. The number of nitrogens with one attached hydrogen (secondary N) is 2. The third-order valence-electron chi connectivity index (χ3n) is 5.26. The summed E-state index contributed by atoms with van der Waals surface area (Å²) in [4.78, 5) is 8.05. The minimum absolute atomic E-state index is 0.376. The topological polar surface area (TPSA) is 40.7 Å². The Morgan fingerprint density at radius 1 is 0.808 bits per heavy atom. The van der Waals surface area contributed by atoms with Crippen LogP contribution in [0.15, 0.2) is 72.9 Å². The summed E-state index contributed by atoms with van der Waals surface area (Å²) in [5, 5.41) is 6.04. The Balaban J connectivity index is 1.43. The Labute approximate surface area is 153 Å². The van der Waals surface area contributed by atoms with Crippen LogP contribution in [0.2, 0.25) is 0 Å². The molecule has 1 aromatic heterocycles. The molecule has 0 aliphatic carbocycles. The molecule has 26 heavy (non-hydrogen) atoms. The van der Waals surface area contributed by atoms with E-state index in [-0.39, 0.29) is 0 Å². The van der Waals surface area contributed by atoms with Gasteiger partial charge in [-0.15, -0.1) is 0 Å². The van der Waals surface area contributed by atoms with Crippen molar-refractivity contribution >= 4 is 10.8 Å². The van der Waals surface area contributed by atoms with E-state index >= 15 is 0 Å². The second-order valence-electron chi connectivity index (χ2n) is 6.97. The monoisotopic (exact) mass is 339 g/mol. The number of imidazole rings is 1. The van der Waals surface area contributed by atoms with Crippen LogP contribution in [0, 0.1) is 0 Å². The smallest absolute Gasteiger partial charge is 0.123 e. The van der Waals surface area contributed by atoms with Crippen molar-refractivity contribution in [3.63, 3.8) is 0 Å². The highest BCUT2D eigenvalue weighted by Gasteiger charge is 2.19. The summed E-state index contributed by atoms with van der Waals surface area (Å²) in [6, 6.07) is 24.2. The predicted octanol–water partition coefficient (Wildman–Crippen LogP) is 5.32. The fourth-order valence-electron chi connectivity index (χ4n) is 3.79. The van der Waals surface area contributed by atoms with Crippen molar-refractivity contribution in [3.8, 4) is 22.4 Å². The highest BCUT2D eigenvalue weighted by molar-refractivity contribution is 5.87. The summed E-state index contributed by atoms with van der Waals surface area (Å²) in [6.07, 6.45) is 4.33. The van der Waals surface area contributed by atoms with Crippen LogP contribution in [0.3, 0.4) is 0 Å². The molecule has 2 heterocycles. The van der Waals surface area contributed by atoms with Crippen LogP contribution in [0.25, 0.3) is 33.2 Å². The summed E-state index contributed by atoms with van der Waals surface area (Å²) in [7, 11) is 0. The zero-order chi connectivity index (χ0) is 17.3. The zero-order valence-corrected chi connectivity index (χ0v) is 14.6. The normalized spacial score (nSPS) is 17.0. The Bertz CT molecular complexity index is 1040. The molecule has 128 valence electrons. The Morgan fingerprint density at radius 3 is 2.38 bits per heavy atom. The molecule has 3 aromatic carbocycles. The molecule has 1 saturated heterocycles. The molecule has 0 unspecified atom stereocenters. The summed E-state index contributed by atoms with van der Waals surface area (Å²) in [5.74, 6) is 1.05. The SMILES string of the molecule is c1ccc2cc(-c3ccc(-c4cnc([C@@H]5CCCN5)[nH]4)cc3)ccc2c1. The zero-order valence-electron chi connectivity index (χ0n) is 14.6. The van der Waals surface area contributed by atoms with Gasteiger partial charge in [0.2, 0.25) is 0 Å². The molecule has 3 heteroatoms. The molecular formula is C23H21N3. The second-order valence-corrected chi connectivity index (χ2v) is 6.97. The maximum atomic E-state index is 4.57. The van der Waals surface area contributed by atoms with Crippen molar-refractivity contribution in [2.45, 2.75) is 18.9 Å². The van der Waals surface area contributed by atoms with Crippen LogP contribution in [0.5, 0.6) is 0 Å². The first-order valence-corrected chi connectivity index (χ1v) is 9.25. The van der Waals surface area contributed by atoms with Crippen molar-refractivity contribution in [1.82, 2.24) is 15.3 Å². The Kier molecular flexibility index (Phi) is 3.80. The van der Waals surface area contributed by atoms with E-state index in [9.17, 15) is 0 Å². The van der Waals surface area contributed by atoms with Crippen LogP contribution in [-0.2, 0) is 0 Å². The minimum Gasteiger partial charge on any atom is -0.341 e. The standard InChI is InChI=1S/C23H21N3/c1-2-5-19-14-20(12-9-16(19)4-1)17-7-10-18(11-8-17)22-15-25-23(26-22)21-6-3-13-24-21/h1-2,4-5,7-12,14-15,21,24H,3,6,13H2,(H,25,26)/t21-/m0/s1. The first-order chi connectivity index (χ1) is 12.9. The van der Waals surface area contributed by atoms with Gasteiger partial charge in [-0.05, 0) is 52.9 Å². The number of hydrogen-bond acceptors (Lipinski definition) is 2. The van der Waals surface area contributed by atoms with Crippen molar-refractivity contribution in [3.05, 3.63) is 78.8 Å². The van der Waals surface area contributed by atoms with E-state index in [1.807, 2.05) is 6.20 Å². The molecule has 1 atom stereocenters. The number of rotatable bonds is 3. The molecule has 3 nitrogen and oxygen atoms in total. The minimum atomic E-state index is 0.376. The average molecular weight is 339 g/mol. The van der Waals surface area contributed by atoms with Crippen molar-refractivity contribution in [1.29, 1.82) is 0 Å². The van der Waals surface area contributed by atoms with E-state index < -0.39 is 0 Å². The second kappa shape index (κ2) is 6.43. The Hall–Kier alpha value is -2.91. The van der Waals surface area contributed by atoms with E-state index in [0.29, 0.717) is 6.04 Å². The molecule has 2 N–H and O–H groups in total. The van der Waals surface area contributed by atoms with Gasteiger partial charge in [0, 0.05) is 0 Å². The van der Waals surface area contributed by atoms with Gasteiger partial charge in [-0.3, -0.25) is 0 Å². The van der Waals surface area contributed by atoms with Gasteiger partial charge >= 0.3 is 0 Å². The van der Waals surface area contributed by atoms with Gasteiger partial charge in [0.1, 0.15) is 5.82 Å². The maximum absolute atomic E-state index is 4.57. The van der Waals surface area contributed by atoms with Crippen LogP contribution in [-0.4, -0.2) is 16.5 Å². The van der Waals surface area contributed by atoms with E-state index in [0.717, 1.165) is 24.5 Å². The summed E-state index contributed by atoms with van der Waals surface area (Å²) >= 11 is 0. The molecule has 0 bridgehead atoms. The fourth-order valence-corrected chi connectivity index (χ4v) is 3.79. The molecule has 0 spiro atoms. The lowest BCUT2D eigenvalue weighted by molar-refractivity contribution is 0.613. The van der Waals surface area contributed by atoms with Gasteiger partial charge in [-0.25, -0.2) is 4.98 Å². The quantitative estimate of drug-likeness (QED) is 0.530. The summed E-state index contributed by atoms with van der Waals surface area (Å²) in [5.41, 5.74) is 4.73. The molecule has 0 amide bonds. The molecule has 1 aliphatic rings. The summed E-state index contributed by atoms with van der Waals surface area (Å²) in [6.45, 7) is 1.08. The molecule has 0 radical (unpaired) electrons. The van der Waals surface area contributed by atoms with Crippen molar-refractivity contribution in [2.75, 3.05) is 6.54 Å². The maximum Gasteiger partial charge on any atom is 0.123 e. The number of nitrogens with zero attached hydrogens (tertiary/aromatic N) is 1. The number of hydrogen-bond donors (Lipinski definition) is 2. The van der Waals surface area contributed by atoms with Crippen LogP contribution in [0.4, 0.5) is 0 Å². The molecular weight excluding hydrogens is 318 g/mol. The third-order valence-corrected chi connectivity index (χ3v) is 5.26. The van der Waals surface area contributed by atoms with Gasteiger partial charge < -0.3 is 10.3 Å². The van der Waals surface area contributed by atoms with Crippen LogP contribution < -0.4 is 5.32 Å². The van der Waals surface area contributed by atoms with Crippen LogP contribution in [0.1, 0.15) is 24.7 Å². The van der Waals surface area contributed by atoms with Crippen molar-refractivity contribution < 1.29 is 0 Å². The fraction of sp³-hybridized carbons (Fsp3) is 0.174. The van der Waals surface area contributed by atoms with Gasteiger partial charge in [0.25, 0.3) is 0 Å². The third kappa shape index (κ3) is 2.80. The van der Waals surface area contributed by atoms with E-state index in [4.69, 9.17) is 0 Å². The number of aromatic amines is 1. The van der Waals surface area contributed by atoms with E-state index in [1.54, 1.807) is 0 Å². The van der Waals surface area contributed by atoms with E-state index in [1.165, 1.54) is 33.9 Å². The largest absolute Gasteiger partial charge is 0.341 e. The molecule has 0 saturated carbocycles. The number of benzene rings is 3. The molecule has 1 fully saturated rings. The number of H-pyrrole nitrogens is 1. The van der Waals surface area contributed by atoms with Gasteiger partial charge in [0.05, 0.1) is 17.9 Å². The average Bonchev–Trinajstić information content (AvgIpc) is 3.39. The van der Waals surface area contributed by atoms with Crippen molar-refractivity contribution in [2.24, 2.45) is 0 Å². The first kappa shape index (κ1) is 15.4. The molecule has 4 aromatic rings. The van der Waals surface area contributed by atoms with Gasteiger partial charge in [-0.2, -0.15) is 0 Å². The first-order valence-electron chi connectivity index (χ1n) is 9.25. The van der Waals surface area contributed by atoms with Gasteiger partial charge in [-0.1, -0.05) is 60.7 Å². The van der Waals surface area contributed by atoms with Crippen LogP contribution >= 0.6 is 0 Å². The lowest BCUT2D eigenvalue weighted by Gasteiger charge is -2.07. The molecule has 1 aliphatic heterocycles. The highest BCUT2D eigenvalue weighted by Crippen LogP contribution is 2.28. The molecule has 5 rings (SSSR count). The lowest BCUT2D eigenvalue weighted by atomic mass is 10.00. The lowest BCUT2D eigenvalue weighted by Crippen LogP contribution is -2.14. The highest BCUT2D eigenvalue weighted by atomic mass is 15.0. The predicted molar refractivity (Wildman–Crippen MR) is 107 cm³/mol.